The summed E-state index contributed by atoms with van der Waals surface area (Å²) in [4.78, 5) is 7.97. The lowest BCUT2D eigenvalue weighted by Crippen LogP contribution is -2.45. The van der Waals surface area contributed by atoms with Gasteiger partial charge in [-0.05, 0) is 17.7 Å². The minimum absolute atomic E-state index is 0.00825. The molecule has 19 heavy (non-hydrogen) atoms. The van der Waals surface area contributed by atoms with E-state index >= 15 is 0 Å². The Kier molecular flexibility index (Phi) is 2.45. The first kappa shape index (κ1) is 12.2. The van der Waals surface area contributed by atoms with Gasteiger partial charge in [-0.1, -0.05) is 26.8 Å². The molecule has 4 nitrogen and oxygen atoms in total. The fraction of sp³-hybridized carbons (Fsp3) is 0.467. The van der Waals surface area contributed by atoms with Gasteiger partial charge in [0.25, 0.3) is 0 Å². The first-order chi connectivity index (χ1) is 8.94. The summed E-state index contributed by atoms with van der Waals surface area (Å²) in [7, 11) is 0. The van der Waals surface area contributed by atoms with E-state index in [0.29, 0.717) is 13.2 Å². The molecule has 0 bridgehead atoms. The molecule has 1 N–H and O–H groups in total. The molecule has 0 amide bonds. The van der Waals surface area contributed by atoms with Crippen molar-refractivity contribution in [3.63, 3.8) is 0 Å². The lowest BCUT2D eigenvalue weighted by Gasteiger charge is -2.35. The number of nitriles is 1. The summed E-state index contributed by atoms with van der Waals surface area (Å²) in [6, 6.07) is 8.37. The van der Waals surface area contributed by atoms with E-state index in [1.54, 1.807) is 0 Å². The number of ether oxygens (including phenoxy) is 1. The number of H-pyrrole nitrogens is 1. The van der Waals surface area contributed by atoms with Crippen LogP contribution in [0, 0.1) is 11.3 Å². The van der Waals surface area contributed by atoms with E-state index in [1.807, 2.05) is 18.2 Å². The fourth-order valence-corrected chi connectivity index (χ4v) is 2.26. The van der Waals surface area contributed by atoms with E-state index in [1.165, 1.54) is 0 Å². The van der Waals surface area contributed by atoms with Crippen molar-refractivity contribution in [1.29, 1.82) is 5.26 Å². The smallest absolute Gasteiger partial charge is 0.129 e. The summed E-state index contributed by atoms with van der Waals surface area (Å²) in [5, 5.41) is 9.34. The number of imidazole rings is 1. The Balaban J connectivity index is 2.09. The van der Waals surface area contributed by atoms with E-state index in [-0.39, 0.29) is 5.41 Å². The lowest BCUT2D eigenvalue weighted by molar-refractivity contribution is -0.0297. The molecule has 98 valence electrons. The Morgan fingerprint density at radius 1 is 1.37 bits per heavy atom. The molecule has 1 aromatic heterocycles. The second-order valence-corrected chi connectivity index (χ2v) is 6.25. The molecule has 4 heteroatoms. The zero-order valence-corrected chi connectivity index (χ0v) is 11.4. The van der Waals surface area contributed by atoms with Gasteiger partial charge in [-0.25, -0.2) is 4.98 Å². The minimum Gasteiger partial charge on any atom is -0.377 e. The van der Waals surface area contributed by atoms with Gasteiger partial charge in [0, 0.05) is 5.41 Å². The first-order valence-corrected chi connectivity index (χ1v) is 6.44. The van der Waals surface area contributed by atoms with E-state index in [4.69, 9.17) is 4.74 Å². The molecule has 2 heterocycles. The third kappa shape index (κ3) is 1.82. The van der Waals surface area contributed by atoms with Crippen LogP contribution in [-0.4, -0.2) is 23.2 Å². The number of benzene rings is 1. The van der Waals surface area contributed by atoms with Crippen molar-refractivity contribution in [1.82, 2.24) is 9.97 Å². The molecule has 1 aliphatic rings. The maximum absolute atomic E-state index is 9.34. The van der Waals surface area contributed by atoms with Crippen LogP contribution in [0.5, 0.6) is 0 Å². The van der Waals surface area contributed by atoms with Crippen LogP contribution < -0.4 is 0 Å². The predicted molar refractivity (Wildman–Crippen MR) is 72.9 cm³/mol. The summed E-state index contributed by atoms with van der Waals surface area (Å²) < 4.78 is 5.21. The molecule has 2 aromatic rings. The molecule has 1 aromatic carbocycles. The van der Waals surface area contributed by atoms with Gasteiger partial charge in [0.15, 0.2) is 0 Å². The van der Waals surface area contributed by atoms with Gasteiger partial charge in [-0.3, -0.25) is 0 Å². The summed E-state index contributed by atoms with van der Waals surface area (Å²) in [5.41, 5.74) is 2.47. The molecule has 1 aliphatic heterocycles. The monoisotopic (exact) mass is 255 g/mol. The van der Waals surface area contributed by atoms with Crippen LogP contribution in [0.25, 0.3) is 11.0 Å². The van der Waals surface area contributed by atoms with Crippen molar-refractivity contribution in [2.24, 2.45) is 0 Å². The highest BCUT2D eigenvalue weighted by molar-refractivity contribution is 5.76. The number of aromatic amines is 1. The van der Waals surface area contributed by atoms with Crippen molar-refractivity contribution < 1.29 is 4.74 Å². The third-order valence-corrected chi connectivity index (χ3v) is 3.66. The number of hydrogen-bond acceptors (Lipinski definition) is 3. The summed E-state index contributed by atoms with van der Waals surface area (Å²) in [5.74, 6) is 0.968. The van der Waals surface area contributed by atoms with Crippen molar-refractivity contribution >= 4 is 11.0 Å². The molecular formula is C15H17N3O. The largest absolute Gasteiger partial charge is 0.377 e. The van der Waals surface area contributed by atoms with E-state index in [9.17, 15) is 5.26 Å². The van der Waals surface area contributed by atoms with Crippen molar-refractivity contribution in [3.05, 3.63) is 29.6 Å². The van der Waals surface area contributed by atoms with Crippen LogP contribution >= 0.6 is 0 Å². The minimum atomic E-state index is -0.471. The second kappa shape index (κ2) is 3.82. The average molecular weight is 255 g/mol. The topological polar surface area (TPSA) is 61.7 Å². The number of nitrogens with zero attached hydrogens (tertiary/aromatic N) is 2. The molecule has 0 radical (unpaired) electrons. The standard InChI is InChI=1S/C15H17N3O/c1-14(2,3)13-17-11-5-4-10(6-12(11)18-13)15(7-16)8-19-9-15/h4-6H,8-9H2,1-3H3,(H,17,18). The van der Waals surface area contributed by atoms with Gasteiger partial charge in [0.2, 0.25) is 0 Å². The average Bonchev–Trinajstić information content (AvgIpc) is 2.71. The Morgan fingerprint density at radius 3 is 2.63 bits per heavy atom. The normalized spacial score (nSPS) is 18.0. The number of hydrogen-bond donors (Lipinski definition) is 1. The Hall–Kier alpha value is -1.86. The van der Waals surface area contributed by atoms with Crippen molar-refractivity contribution in [2.45, 2.75) is 31.6 Å². The molecule has 0 saturated carbocycles. The second-order valence-electron chi connectivity index (χ2n) is 6.25. The molecule has 0 aliphatic carbocycles. The third-order valence-electron chi connectivity index (χ3n) is 3.66. The zero-order valence-electron chi connectivity index (χ0n) is 11.4. The van der Waals surface area contributed by atoms with Crippen molar-refractivity contribution in [3.8, 4) is 6.07 Å². The van der Waals surface area contributed by atoms with Gasteiger partial charge in [-0.2, -0.15) is 5.26 Å². The zero-order chi connectivity index (χ0) is 13.7. The van der Waals surface area contributed by atoms with Crippen LogP contribution in [-0.2, 0) is 15.6 Å². The highest BCUT2D eigenvalue weighted by Gasteiger charge is 2.41. The van der Waals surface area contributed by atoms with Crippen LogP contribution in [0.2, 0.25) is 0 Å². The van der Waals surface area contributed by atoms with Gasteiger partial charge < -0.3 is 9.72 Å². The number of rotatable bonds is 1. The van der Waals surface area contributed by atoms with E-state index < -0.39 is 5.41 Å². The summed E-state index contributed by atoms with van der Waals surface area (Å²) in [6.45, 7) is 7.34. The van der Waals surface area contributed by atoms with Gasteiger partial charge in [0.05, 0.1) is 30.3 Å². The molecule has 0 atom stereocenters. The lowest BCUT2D eigenvalue weighted by atomic mass is 9.80. The molecule has 0 spiro atoms. The highest BCUT2D eigenvalue weighted by atomic mass is 16.5. The number of nitrogens with one attached hydrogen (secondary N) is 1. The van der Waals surface area contributed by atoms with Crippen LogP contribution in [0.3, 0.4) is 0 Å². The molecule has 3 rings (SSSR count). The first-order valence-electron chi connectivity index (χ1n) is 6.44. The van der Waals surface area contributed by atoms with Gasteiger partial charge in [0.1, 0.15) is 11.2 Å². The quantitative estimate of drug-likeness (QED) is 0.852. The van der Waals surface area contributed by atoms with Crippen LogP contribution in [0.4, 0.5) is 0 Å². The Bertz CT molecular complexity index is 669. The Morgan fingerprint density at radius 2 is 2.11 bits per heavy atom. The SMILES string of the molecule is CC(C)(C)c1nc2ccc(C3(C#N)COC3)cc2[nH]1. The highest BCUT2D eigenvalue weighted by Crippen LogP contribution is 2.33. The fourth-order valence-electron chi connectivity index (χ4n) is 2.26. The number of fused-ring (bicyclic) bond motifs is 1. The van der Waals surface area contributed by atoms with Crippen LogP contribution in [0.1, 0.15) is 32.2 Å². The van der Waals surface area contributed by atoms with Gasteiger partial charge in [-0.15, -0.1) is 0 Å². The maximum atomic E-state index is 9.34. The molecule has 1 saturated heterocycles. The molecule has 0 unspecified atom stereocenters. The molecular weight excluding hydrogens is 238 g/mol. The maximum Gasteiger partial charge on any atom is 0.129 e. The number of aromatic nitrogens is 2. The van der Waals surface area contributed by atoms with E-state index in [2.05, 4.69) is 36.8 Å². The summed E-state index contributed by atoms with van der Waals surface area (Å²) >= 11 is 0. The Labute approximate surface area is 112 Å². The van der Waals surface area contributed by atoms with Crippen molar-refractivity contribution in [2.75, 3.05) is 13.2 Å². The molecule has 1 fully saturated rings. The summed E-state index contributed by atoms with van der Waals surface area (Å²) in [6.07, 6.45) is 0. The van der Waals surface area contributed by atoms with Gasteiger partial charge >= 0.3 is 0 Å². The predicted octanol–water partition coefficient (Wildman–Crippen LogP) is 2.65. The van der Waals surface area contributed by atoms with Crippen LogP contribution in [0.15, 0.2) is 18.2 Å². The van der Waals surface area contributed by atoms with E-state index in [0.717, 1.165) is 22.4 Å².